The number of halogens is 1. The summed E-state index contributed by atoms with van der Waals surface area (Å²) in [4.78, 5) is 25.4. The minimum Gasteiger partial charge on any atom is -0.368 e. The average Bonchev–Trinajstić information content (AvgIpc) is 3.31. The standard InChI is InChI=1S/C31H34ClN5O/c32-26-14-12-24(13-15-26)21-37-29-11-5-4-10-28(29)33-30(37)23-34-16-6-7-25(22-34)31(38)36-19-17-35(18-20-36)27-8-2-1-3-9-27/h1-5,8-15,25H,6-7,16-23H2/t25-/m1/s1. The number of likely N-dealkylation sites (tertiary alicyclic amines) is 1. The fourth-order valence-corrected chi connectivity index (χ4v) is 6.00. The molecule has 0 unspecified atom stereocenters. The van der Waals surface area contributed by atoms with Crippen molar-refractivity contribution in [2.24, 2.45) is 5.92 Å². The highest BCUT2D eigenvalue weighted by Crippen LogP contribution is 2.25. The molecule has 2 saturated heterocycles. The lowest BCUT2D eigenvalue weighted by atomic mass is 9.96. The molecule has 0 N–H and O–H groups in total. The number of imidazole rings is 1. The largest absolute Gasteiger partial charge is 0.368 e. The van der Waals surface area contributed by atoms with Crippen LogP contribution in [-0.4, -0.2) is 64.5 Å². The van der Waals surface area contributed by atoms with Crippen LogP contribution in [0.15, 0.2) is 78.9 Å². The summed E-state index contributed by atoms with van der Waals surface area (Å²) < 4.78 is 2.31. The first-order valence-corrected chi connectivity index (χ1v) is 14.0. The Morgan fingerprint density at radius 3 is 2.37 bits per heavy atom. The van der Waals surface area contributed by atoms with E-state index < -0.39 is 0 Å². The highest BCUT2D eigenvalue weighted by Gasteiger charge is 2.31. The zero-order valence-electron chi connectivity index (χ0n) is 21.7. The van der Waals surface area contributed by atoms with Crippen LogP contribution in [-0.2, 0) is 17.9 Å². The summed E-state index contributed by atoms with van der Waals surface area (Å²) in [5, 5.41) is 0.745. The molecule has 3 heterocycles. The van der Waals surface area contributed by atoms with Gasteiger partial charge < -0.3 is 14.4 Å². The summed E-state index contributed by atoms with van der Waals surface area (Å²) in [5.41, 5.74) is 4.58. The van der Waals surface area contributed by atoms with E-state index in [0.29, 0.717) is 5.91 Å². The molecule has 0 radical (unpaired) electrons. The number of aromatic nitrogens is 2. The molecule has 2 aliphatic rings. The Morgan fingerprint density at radius 1 is 0.842 bits per heavy atom. The van der Waals surface area contributed by atoms with Gasteiger partial charge in [0.25, 0.3) is 0 Å². The molecular weight excluding hydrogens is 494 g/mol. The van der Waals surface area contributed by atoms with Crippen molar-refractivity contribution in [2.75, 3.05) is 44.2 Å². The Labute approximate surface area is 229 Å². The summed E-state index contributed by atoms with van der Waals surface area (Å²) >= 11 is 6.12. The molecule has 38 heavy (non-hydrogen) atoms. The Balaban J connectivity index is 1.13. The van der Waals surface area contributed by atoms with E-state index in [0.717, 1.165) is 87.1 Å². The van der Waals surface area contributed by atoms with E-state index in [9.17, 15) is 4.79 Å². The molecule has 0 spiro atoms. The van der Waals surface area contributed by atoms with Gasteiger partial charge in [0.1, 0.15) is 5.82 Å². The molecule has 196 valence electrons. The molecule has 2 aliphatic heterocycles. The van der Waals surface area contributed by atoms with Gasteiger partial charge >= 0.3 is 0 Å². The Morgan fingerprint density at radius 2 is 1.58 bits per heavy atom. The number of para-hydroxylation sites is 3. The number of carbonyl (C=O) groups excluding carboxylic acids is 1. The fraction of sp³-hybridized carbons (Fsp3) is 0.355. The van der Waals surface area contributed by atoms with Gasteiger partial charge in [-0.05, 0) is 61.3 Å². The molecule has 6 rings (SSSR count). The third kappa shape index (κ3) is 5.42. The molecular formula is C31H34ClN5O. The third-order valence-electron chi connectivity index (χ3n) is 7.92. The number of piperazine rings is 1. The molecule has 0 saturated carbocycles. The molecule has 2 fully saturated rings. The number of nitrogens with zero attached hydrogens (tertiary/aromatic N) is 5. The van der Waals surface area contributed by atoms with Crippen molar-refractivity contribution in [3.05, 3.63) is 95.3 Å². The predicted molar refractivity (Wildman–Crippen MR) is 154 cm³/mol. The lowest BCUT2D eigenvalue weighted by molar-refractivity contribution is -0.137. The summed E-state index contributed by atoms with van der Waals surface area (Å²) in [6.07, 6.45) is 2.01. The summed E-state index contributed by atoms with van der Waals surface area (Å²) in [7, 11) is 0. The number of carbonyl (C=O) groups is 1. The Kier molecular flexibility index (Phi) is 7.34. The van der Waals surface area contributed by atoms with Crippen LogP contribution in [0.5, 0.6) is 0 Å². The monoisotopic (exact) mass is 527 g/mol. The van der Waals surface area contributed by atoms with Crippen LogP contribution in [0, 0.1) is 5.92 Å². The number of amides is 1. The second kappa shape index (κ2) is 11.2. The molecule has 0 aliphatic carbocycles. The minimum absolute atomic E-state index is 0.0566. The maximum Gasteiger partial charge on any atom is 0.227 e. The highest BCUT2D eigenvalue weighted by atomic mass is 35.5. The van der Waals surface area contributed by atoms with Crippen LogP contribution >= 0.6 is 11.6 Å². The van der Waals surface area contributed by atoms with E-state index in [-0.39, 0.29) is 5.92 Å². The van der Waals surface area contributed by atoms with E-state index in [1.165, 1.54) is 11.3 Å². The summed E-state index contributed by atoms with van der Waals surface area (Å²) in [5.74, 6) is 1.42. The van der Waals surface area contributed by atoms with E-state index in [1.54, 1.807) is 0 Å². The second-order valence-electron chi connectivity index (χ2n) is 10.5. The first-order chi connectivity index (χ1) is 18.6. The highest BCUT2D eigenvalue weighted by molar-refractivity contribution is 6.30. The van der Waals surface area contributed by atoms with Gasteiger partial charge in [-0.2, -0.15) is 0 Å². The van der Waals surface area contributed by atoms with Crippen LogP contribution in [0.3, 0.4) is 0 Å². The zero-order chi connectivity index (χ0) is 25.9. The van der Waals surface area contributed by atoms with Crippen molar-refractivity contribution in [3.8, 4) is 0 Å². The van der Waals surface area contributed by atoms with Crippen LogP contribution in [0.25, 0.3) is 11.0 Å². The van der Waals surface area contributed by atoms with Crippen molar-refractivity contribution in [2.45, 2.75) is 25.9 Å². The van der Waals surface area contributed by atoms with Gasteiger partial charge in [0.05, 0.1) is 23.5 Å². The van der Waals surface area contributed by atoms with Gasteiger partial charge in [0.2, 0.25) is 5.91 Å². The van der Waals surface area contributed by atoms with Gasteiger partial charge in [-0.1, -0.05) is 54.1 Å². The lowest BCUT2D eigenvalue weighted by Crippen LogP contribution is -2.52. The Bertz CT molecular complexity index is 1380. The molecule has 6 nitrogen and oxygen atoms in total. The van der Waals surface area contributed by atoms with Crippen molar-refractivity contribution in [1.29, 1.82) is 0 Å². The predicted octanol–water partition coefficient (Wildman–Crippen LogP) is 5.30. The van der Waals surface area contributed by atoms with Gasteiger partial charge in [0.15, 0.2) is 0 Å². The van der Waals surface area contributed by atoms with Gasteiger partial charge in [-0.3, -0.25) is 9.69 Å². The van der Waals surface area contributed by atoms with Gasteiger partial charge in [0, 0.05) is 50.0 Å². The first-order valence-electron chi connectivity index (χ1n) is 13.6. The topological polar surface area (TPSA) is 44.6 Å². The van der Waals surface area contributed by atoms with Crippen LogP contribution in [0.2, 0.25) is 5.02 Å². The molecule has 1 aromatic heterocycles. The van der Waals surface area contributed by atoms with Crippen molar-refractivity contribution in [3.63, 3.8) is 0 Å². The molecule has 4 aromatic rings. The van der Waals surface area contributed by atoms with Crippen LogP contribution in [0.4, 0.5) is 5.69 Å². The number of hydrogen-bond acceptors (Lipinski definition) is 4. The zero-order valence-corrected chi connectivity index (χ0v) is 22.4. The van der Waals surface area contributed by atoms with E-state index in [2.05, 4.69) is 73.9 Å². The molecule has 0 bridgehead atoms. The molecule has 1 amide bonds. The van der Waals surface area contributed by atoms with Crippen LogP contribution < -0.4 is 4.90 Å². The molecule has 1 atom stereocenters. The summed E-state index contributed by atoms with van der Waals surface area (Å²) in [6, 6.07) is 26.9. The fourth-order valence-electron chi connectivity index (χ4n) is 5.88. The second-order valence-corrected chi connectivity index (χ2v) is 10.9. The van der Waals surface area contributed by atoms with Crippen LogP contribution in [0.1, 0.15) is 24.2 Å². The SMILES string of the molecule is O=C([C@@H]1CCCN(Cc2nc3ccccc3n2Cc2ccc(Cl)cc2)C1)N1CCN(c2ccccc2)CC1. The molecule has 7 heteroatoms. The minimum atomic E-state index is 0.0566. The smallest absolute Gasteiger partial charge is 0.227 e. The van der Waals surface area contributed by atoms with Crippen molar-refractivity contribution in [1.82, 2.24) is 19.4 Å². The quantitative estimate of drug-likeness (QED) is 0.341. The van der Waals surface area contributed by atoms with E-state index in [1.807, 2.05) is 24.3 Å². The number of anilines is 1. The number of fused-ring (bicyclic) bond motifs is 1. The molecule has 3 aromatic carbocycles. The average molecular weight is 528 g/mol. The summed E-state index contributed by atoms with van der Waals surface area (Å²) in [6.45, 7) is 6.64. The Hall–Kier alpha value is -3.35. The van der Waals surface area contributed by atoms with Crippen molar-refractivity contribution >= 4 is 34.2 Å². The first kappa shape index (κ1) is 25.0. The van der Waals surface area contributed by atoms with E-state index >= 15 is 0 Å². The number of piperidine rings is 1. The van der Waals surface area contributed by atoms with Gasteiger partial charge in [-0.25, -0.2) is 4.98 Å². The normalized spacial score (nSPS) is 18.7. The lowest BCUT2D eigenvalue weighted by Gasteiger charge is -2.39. The number of rotatable bonds is 6. The van der Waals surface area contributed by atoms with E-state index in [4.69, 9.17) is 16.6 Å². The van der Waals surface area contributed by atoms with Gasteiger partial charge in [-0.15, -0.1) is 0 Å². The van der Waals surface area contributed by atoms with Crippen molar-refractivity contribution < 1.29 is 4.79 Å². The number of hydrogen-bond donors (Lipinski definition) is 0. The third-order valence-corrected chi connectivity index (χ3v) is 8.17. The number of benzene rings is 3. The maximum atomic E-state index is 13.5. The maximum absolute atomic E-state index is 13.5.